The number of methoxy groups -OCH3 is 1. The maximum absolute atomic E-state index is 11.9. The van der Waals surface area contributed by atoms with E-state index in [4.69, 9.17) is 9.47 Å². The molecule has 0 unspecified atom stereocenters. The van der Waals surface area contributed by atoms with Crippen molar-refractivity contribution in [2.24, 2.45) is 5.92 Å². The first-order chi connectivity index (χ1) is 8.70. The summed E-state index contributed by atoms with van der Waals surface area (Å²) in [5.41, 5.74) is 0.757. The zero-order chi connectivity index (χ0) is 13.0. The van der Waals surface area contributed by atoms with Crippen molar-refractivity contribution < 1.29 is 14.3 Å². The molecule has 98 valence electrons. The minimum absolute atomic E-state index is 0.224. The van der Waals surface area contributed by atoms with Crippen LogP contribution in [-0.4, -0.2) is 26.1 Å². The molecule has 0 N–H and O–H groups in total. The zero-order valence-electron chi connectivity index (χ0n) is 10.4. The van der Waals surface area contributed by atoms with Crippen molar-refractivity contribution in [2.75, 3.05) is 20.3 Å². The summed E-state index contributed by atoms with van der Waals surface area (Å²) < 4.78 is 11.3. The lowest BCUT2D eigenvalue weighted by Gasteiger charge is -2.09. The highest BCUT2D eigenvalue weighted by atomic mass is 79.9. The Bertz CT molecular complexity index is 427. The van der Waals surface area contributed by atoms with Gasteiger partial charge in [-0.25, -0.2) is 0 Å². The first kappa shape index (κ1) is 13.6. The number of carbonyl (C=O) groups is 1. The second-order valence-electron chi connectivity index (χ2n) is 4.56. The average Bonchev–Trinajstić information content (AvgIpc) is 3.15. The molecule has 1 aromatic carbocycles. The second kappa shape index (κ2) is 6.34. The van der Waals surface area contributed by atoms with E-state index in [-0.39, 0.29) is 5.78 Å². The number of benzene rings is 1. The summed E-state index contributed by atoms with van der Waals surface area (Å²) in [5.74, 6) is 1.59. The van der Waals surface area contributed by atoms with Gasteiger partial charge in [0.2, 0.25) is 0 Å². The molecule has 1 aromatic rings. The highest BCUT2D eigenvalue weighted by molar-refractivity contribution is 9.10. The van der Waals surface area contributed by atoms with Crippen LogP contribution in [0.2, 0.25) is 0 Å². The molecule has 18 heavy (non-hydrogen) atoms. The molecule has 3 nitrogen and oxygen atoms in total. The van der Waals surface area contributed by atoms with E-state index in [0.29, 0.717) is 25.6 Å². The van der Waals surface area contributed by atoms with Crippen LogP contribution in [0.1, 0.15) is 29.6 Å². The van der Waals surface area contributed by atoms with Crippen LogP contribution in [0.5, 0.6) is 5.75 Å². The van der Waals surface area contributed by atoms with Gasteiger partial charge in [0.25, 0.3) is 0 Å². The van der Waals surface area contributed by atoms with E-state index in [0.717, 1.165) is 15.8 Å². The first-order valence-electron chi connectivity index (χ1n) is 6.15. The maximum Gasteiger partial charge on any atom is 0.163 e. The van der Waals surface area contributed by atoms with Gasteiger partial charge in [-0.1, -0.05) is 0 Å². The Balaban J connectivity index is 1.96. The van der Waals surface area contributed by atoms with Crippen LogP contribution in [0.15, 0.2) is 22.7 Å². The van der Waals surface area contributed by atoms with Crippen LogP contribution in [0.4, 0.5) is 0 Å². The number of ether oxygens (including phenoxy) is 2. The number of hydrogen-bond donors (Lipinski definition) is 0. The summed E-state index contributed by atoms with van der Waals surface area (Å²) in [6.45, 7) is 1.05. The van der Waals surface area contributed by atoms with E-state index >= 15 is 0 Å². The smallest absolute Gasteiger partial charge is 0.163 e. The van der Waals surface area contributed by atoms with Crippen molar-refractivity contribution in [3.8, 4) is 5.75 Å². The average molecular weight is 313 g/mol. The van der Waals surface area contributed by atoms with E-state index in [1.165, 1.54) is 12.8 Å². The molecule has 0 aliphatic heterocycles. The molecule has 1 fully saturated rings. The molecular weight excluding hydrogens is 296 g/mol. The topological polar surface area (TPSA) is 35.5 Å². The maximum atomic E-state index is 11.9. The largest absolute Gasteiger partial charge is 0.490 e. The molecule has 0 atom stereocenters. The molecule has 4 heteroatoms. The number of ketones is 1. The molecule has 1 saturated carbocycles. The second-order valence-corrected chi connectivity index (χ2v) is 5.41. The van der Waals surface area contributed by atoms with Gasteiger partial charge in [-0.2, -0.15) is 0 Å². The van der Waals surface area contributed by atoms with Gasteiger partial charge in [-0.05, 0) is 52.9 Å². The summed E-state index contributed by atoms with van der Waals surface area (Å²) in [5, 5.41) is 0. The van der Waals surface area contributed by atoms with Crippen LogP contribution in [-0.2, 0) is 4.74 Å². The van der Waals surface area contributed by atoms with Crippen molar-refractivity contribution in [1.29, 1.82) is 0 Å². The Kier molecular flexibility index (Phi) is 4.78. The molecule has 0 bridgehead atoms. The minimum Gasteiger partial charge on any atom is -0.490 e. The van der Waals surface area contributed by atoms with Crippen molar-refractivity contribution >= 4 is 21.7 Å². The van der Waals surface area contributed by atoms with Crippen molar-refractivity contribution in [3.63, 3.8) is 0 Å². The van der Waals surface area contributed by atoms with E-state index in [1.54, 1.807) is 7.11 Å². The Morgan fingerprint density at radius 1 is 1.39 bits per heavy atom. The fourth-order valence-electron chi connectivity index (χ4n) is 1.73. The molecule has 1 aliphatic carbocycles. The fraction of sp³-hybridized carbons (Fsp3) is 0.500. The van der Waals surface area contributed by atoms with Crippen LogP contribution in [0, 0.1) is 5.92 Å². The van der Waals surface area contributed by atoms with E-state index in [2.05, 4.69) is 15.9 Å². The third-order valence-corrected chi connectivity index (χ3v) is 3.59. The van der Waals surface area contributed by atoms with Crippen LogP contribution in [0.3, 0.4) is 0 Å². The van der Waals surface area contributed by atoms with Gasteiger partial charge < -0.3 is 9.47 Å². The normalized spacial score (nSPS) is 14.6. The molecule has 0 heterocycles. The van der Waals surface area contributed by atoms with Crippen molar-refractivity contribution in [1.82, 2.24) is 0 Å². The summed E-state index contributed by atoms with van der Waals surface area (Å²) in [6.07, 6.45) is 3.08. The number of rotatable bonds is 7. The van der Waals surface area contributed by atoms with Gasteiger partial charge in [-0.15, -0.1) is 0 Å². The molecular formula is C14H17BrO3. The number of halogens is 1. The first-order valence-corrected chi connectivity index (χ1v) is 6.94. The summed E-state index contributed by atoms with van der Waals surface area (Å²) in [7, 11) is 1.64. The van der Waals surface area contributed by atoms with Gasteiger partial charge in [0.1, 0.15) is 12.4 Å². The van der Waals surface area contributed by atoms with Gasteiger partial charge in [-0.3, -0.25) is 4.79 Å². The quantitative estimate of drug-likeness (QED) is 0.571. The minimum atomic E-state index is 0.224. The molecule has 0 spiro atoms. The molecule has 1 aliphatic rings. The van der Waals surface area contributed by atoms with E-state index in [1.807, 2.05) is 18.2 Å². The molecule has 0 saturated heterocycles. The molecule has 0 amide bonds. The van der Waals surface area contributed by atoms with Gasteiger partial charge >= 0.3 is 0 Å². The lowest BCUT2D eigenvalue weighted by atomic mass is 10.1. The fourth-order valence-corrected chi connectivity index (χ4v) is 2.22. The van der Waals surface area contributed by atoms with E-state index < -0.39 is 0 Å². The Morgan fingerprint density at radius 3 is 2.78 bits per heavy atom. The lowest BCUT2D eigenvalue weighted by Crippen LogP contribution is -2.05. The number of hydrogen-bond acceptors (Lipinski definition) is 3. The Morgan fingerprint density at radius 2 is 2.17 bits per heavy atom. The standard InChI is InChI=1S/C14H17BrO3/c1-17-6-7-18-14-5-4-11(9-12(14)15)13(16)8-10-2-3-10/h4-5,9-10H,2-3,6-8H2,1H3. The number of carbonyl (C=O) groups excluding carboxylic acids is 1. The lowest BCUT2D eigenvalue weighted by molar-refractivity contribution is 0.0976. The number of Topliss-reactive ketones (excluding diaryl/α,β-unsaturated/α-hetero) is 1. The highest BCUT2D eigenvalue weighted by Gasteiger charge is 2.25. The highest BCUT2D eigenvalue weighted by Crippen LogP contribution is 2.34. The Hall–Kier alpha value is -0.870. The molecule has 0 aromatic heterocycles. The van der Waals surface area contributed by atoms with Crippen LogP contribution in [0.25, 0.3) is 0 Å². The SMILES string of the molecule is COCCOc1ccc(C(=O)CC2CC2)cc1Br. The van der Waals surface area contributed by atoms with Gasteiger partial charge in [0.15, 0.2) is 5.78 Å². The summed E-state index contributed by atoms with van der Waals surface area (Å²) in [4.78, 5) is 11.9. The molecule has 2 rings (SSSR count). The third kappa shape index (κ3) is 3.82. The third-order valence-electron chi connectivity index (χ3n) is 2.97. The van der Waals surface area contributed by atoms with Crippen molar-refractivity contribution in [2.45, 2.75) is 19.3 Å². The summed E-state index contributed by atoms with van der Waals surface area (Å²) in [6, 6.07) is 5.50. The predicted octanol–water partition coefficient (Wildman–Crippen LogP) is 3.46. The monoisotopic (exact) mass is 312 g/mol. The van der Waals surface area contributed by atoms with Gasteiger partial charge in [0, 0.05) is 19.1 Å². The van der Waals surface area contributed by atoms with E-state index in [9.17, 15) is 4.79 Å². The van der Waals surface area contributed by atoms with Gasteiger partial charge in [0.05, 0.1) is 11.1 Å². The molecule has 0 radical (unpaired) electrons. The van der Waals surface area contributed by atoms with Crippen molar-refractivity contribution in [3.05, 3.63) is 28.2 Å². The Labute approximate surface area is 116 Å². The summed E-state index contributed by atoms with van der Waals surface area (Å²) >= 11 is 3.43. The van der Waals surface area contributed by atoms with Crippen LogP contribution < -0.4 is 4.74 Å². The predicted molar refractivity (Wildman–Crippen MR) is 73.2 cm³/mol. The zero-order valence-corrected chi connectivity index (χ0v) is 12.0. The van der Waals surface area contributed by atoms with Crippen LogP contribution >= 0.6 is 15.9 Å².